The molecule has 0 fully saturated rings. The van der Waals surface area contributed by atoms with Crippen LogP contribution in [0.4, 0.5) is 5.13 Å². The highest BCUT2D eigenvalue weighted by Crippen LogP contribution is 2.20. The number of fused-ring (bicyclic) bond motifs is 1. The van der Waals surface area contributed by atoms with Crippen LogP contribution in [0.15, 0.2) is 18.2 Å². The van der Waals surface area contributed by atoms with Gasteiger partial charge in [0.05, 0.1) is 17.6 Å². The van der Waals surface area contributed by atoms with E-state index in [1.165, 1.54) is 22.6 Å². The third kappa shape index (κ3) is 2.27. The number of para-hydroxylation sites is 1. The molecule has 0 amide bonds. The quantitative estimate of drug-likeness (QED) is 0.801. The monoisotopic (exact) mass is 287 g/mol. The van der Waals surface area contributed by atoms with Gasteiger partial charge in [-0.1, -0.05) is 19.1 Å². The Hall–Kier alpha value is -1.95. The number of anilines is 1. The molecule has 1 N–H and O–H groups in total. The summed E-state index contributed by atoms with van der Waals surface area (Å²) in [6.07, 6.45) is 0.865. The molecule has 0 unspecified atom stereocenters. The molecule has 2 aromatic heterocycles. The number of aromatic nitrogens is 4. The van der Waals surface area contributed by atoms with E-state index in [0.717, 1.165) is 28.7 Å². The summed E-state index contributed by atoms with van der Waals surface area (Å²) in [5, 5.41) is 4.15. The molecule has 104 valence electrons. The van der Waals surface area contributed by atoms with Crippen LogP contribution < -0.4 is 5.32 Å². The number of imidazole rings is 1. The number of nitrogens with one attached hydrogen (secondary N) is 1. The third-order valence-electron chi connectivity index (χ3n) is 3.37. The number of hydrogen-bond donors (Lipinski definition) is 1. The maximum Gasteiger partial charge on any atom is 0.202 e. The first-order valence-corrected chi connectivity index (χ1v) is 7.43. The zero-order valence-electron chi connectivity index (χ0n) is 11.8. The van der Waals surface area contributed by atoms with Crippen LogP contribution in [0.2, 0.25) is 0 Å². The molecule has 0 saturated heterocycles. The van der Waals surface area contributed by atoms with Gasteiger partial charge in [0.2, 0.25) is 5.13 Å². The van der Waals surface area contributed by atoms with Crippen molar-refractivity contribution in [3.05, 3.63) is 35.4 Å². The van der Waals surface area contributed by atoms with Crippen LogP contribution in [0.5, 0.6) is 0 Å². The van der Waals surface area contributed by atoms with Crippen molar-refractivity contribution in [2.24, 2.45) is 7.05 Å². The molecule has 1 aromatic carbocycles. The molecular formula is C14H17N5S. The molecule has 3 aromatic rings. The Labute approximate surface area is 121 Å². The van der Waals surface area contributed by atoms with Crippen molar-refractivity contribution in [2.75, 3.05) is 5.32 Å². The lowest BCUT2D eigenvalue weighted by molar-refractivity contribution is 0.831. The van der Waals surface area contributed by atoms with E-state index in [2.05, 4.69) is 51.2 Å². The molecule has 5 nitrogen and oxygen atoms in total. The Balaban J connectivity index is 1.84. The fourth-order valence-electron chi connectivity index (χ4n) is 2.30. The van der Waals surface area contributed by atoms with Gasteiger partial charge in [0.1, 0.15) is 11.6 Å². The number of benzene rings is 1. The van der Waals surface area contributed by atoms with E-state index >= 15 is 0 Å². The van der Waals surface area contributed by atoms with Crippen molar-refractivity contribution < 1.29 is 0 Å². The Morgan fingerprint density at radius 2 is 2.15 bits per heavy atom. The van der Waals surface area contributed by atoms with Gasteiger partial charge in [-0.2, -0.15) is 4.37 Å². The van der Waals surface area contributed by atoms with Crippen molar-refractivity contribution in [1.29, 1.82) is 0 Å². The Morgan fingerprint density at radius 3 is 2.85 bits per heavy atom. The lowest BCUT2D eigenvalue weighted by Crippen LogP contribution is -2.06. The predicted molar refractivity (Wildman–Crippen MR) is 82.1 cm³/mol. The topological polar surface area (TPSA) is 55.6 Å². The number of hydrogen-bond acceptors (Lipinski definition) is 5. The molecule has 0 bridgehead atoms. The van der Waals surface area contributed by atoms with Gasteiger partial charge in [-0.05, 0) is 18.6 Å². The zero-order chi connectivity index (χ0) is 14.1. The van der Waals surface area contributed by atoms with Crippen LogP contribution in [0.25, 0.3) is 11.0 Å². The summed E-state index contributed by atoms with van der Waals surface area (Å²) in [6, 6.07) is 6.20. The molecule has 0 atom stereocenters. The minimum Gasteiger partial charge on any atom is -0.353 e. The molecule has 3 rings (SSSR count). The van der Waals surface area contributed by atoms with Gasteiger partial charge in [-0.15, -0.1) is 0 Å². The number of nitrogens with zero attached hydrogens (tertiary/aromatic N) is 4. The SMILES string of the molecule is CCc1nsc(NCc2nc3cccc(C)c3n2C)n1. The van der Waals surface area contributed by atoms with Crippen molar-refractivity contribution in [3.8, 4) is 0 Å². The van der Waals surface area contributed by atoms with Gasteiger partial charge in [-0.3, -0.25) is 0 Å². The molecule has 0 spiro atoms. The molecule has 0 saturated carbocycles. The van der Waals surface area contributed by atoms with Gasteiger partial charge >= 0.3 is 0 Å². The Kier molecular flexibility index (Phi) is 3.40. The lowest BCUT2D eigenvalue weighted by Gasteiger charge is -2.04. The van der Waals surface area contributed by atoms with E-state index < -0.39 is 0 Å². The summed E-state index contributed by atoms with van der Waals surface area (Å²) >= 11 is 1.40. The highest BCUT2D eigenvalue weighted by atomic mass is 32.1. The van der Waals surface area contributed by atoms with Gasteiger partial charge < -0.3 is 9.88 Å². The van der Waals surface area contributed by atoms with E-state index in [1.54, 1.807) is 0 Å². The summed E-state index contributed by atoms with van der Waals surface area (Å²) in [4.78, 5) is 9.08. The average molecular weight is 287 g/mol. The predicted octanol–water partition coefficient (Wildman–Crippen LogP) is 2.91. The summed E-state index contributed by atoms with van der Waals surface area (Å²) in [6.45, 7) is 4.82. The minimum absolute atomic E-state index is 0.656. The lowest BCUT2D eigenvalue weighted by atomic mass is 10.2. The van der Waals surface area contributed by atoms with Crippen LogP contribution in [-0.2, 0) is 20.0 Å². The molecule has 6 heteroatoms. The normalized spacial score (nSPS) is 11.2. The van der Waals surface area contributed by atoms with Crippen LogP contribution in [0, 0.1) is 6.92 Å². The first kappa shape index (κ1) is 13.1. The van der Waals surface area contributed by atoms with Crippen LogP contribution in [0.3, 0.4) is 0 Å². The molecule has 0 radical (unpaired) electrons. The maximum absolute atomic E-state index is 4.67. The van der Waals surface area contributed by atoms with Crippen LogP contribution in [-0.4, -0.2) is 18.9 Å². The number of rotatable bonds is 4. The first-order chi connectivity index (χ1) is 9.69. The van der Waals surface area contributed by atoms with Crippen molar-refractivity contribution in [2.45, 2.75) is 26.8 Å². The minimum atomic E-state index is 0.656. The van der Waals surface area contributed by atoms with Gasteiger partial charge in [0.15, 0.2) is 0 Å². The van der Waals surface area contributed by atoms with Gasteiger partial charge in [-0.25, -0.2) is 9.97 Å². The Morgan fingerprint density at radius 1 is 1.30 bits per heavy atom. The third-order valence-corrected chi connectivity index (χ3v) is 4.08. The maximum atomic E-state index is 4.67. The zero-order valence-corrected chi connectivity index (χ0v) is 12.7. The second-order valence-electron chi connectivity index (χ2n) is 4.75. The summed E-state index contributed by atoms with van der Waals surface area (Å²) < 4.78 is 6.41. The molecule has 0 aliphatic rings. The van der Waals surface area contributed by atoms with E-state index in [9.17, 15) is 0 Å². The van der Waals surface area contributed by atoms with Gasteiger partial charge in [0.25, 0.3) is 0 Å². The number of aryl methyl sites for hydroxylation is 3. The second kappa shape index (κ2) is 5.20. The second-order valence-corrected chi connectivity index (χ2v) is 5.50. The Bertz CT molecular complexity index is 743. The highest BCUT2D eigenvalue weighted by molar-refractivity contribution is 7.09. The van der Waals surface area contributed by atoms with Gasteiger partial charge in [0, 0.05) is 25.0 Å². The smallest absolute Gasteiger partial charge is 0.202 e. The molecule has 2 heterocycles. The van der Waals surface area contributed by atoms with Crippen molar-refractivity contribution in [3.63, 3.8) is 0 Å². The van der Waals surface area contributed by atoms with Crippen molar-refractivity contribution >= 4 is 27.7 Å². The largest absolute Gasteiger partial charge is 0.353 e. The summed E-state index contributed by atoms with van der Waals surface area (Å²) in [5.41, 5.74) is 3.47. The van der Waals surface area contributed by atoms with Crippen LogP contribution in [0.1, 0.15) is 24.1 Å². The summed E-state index contributed by atoms with van der Waals surface area (Å²) in [7, 11) is 2.05. The van der Waals surface area contributed by atoms with E-state index in [4.69, 9.17) is 0 Å². The van der Waals surface area contributed by atoms with E-state index in [1.807, 2.05) is 12.1 Å². The fourth-order valence-corrected chi connectivity index (χ4v) is 2.94. The molecule has 20 heavy (non-hydrogen) atoms. The molecule has 0 aliphatic heterocycles. The van der Waals surface area contributed by atoms with E-state index in [0.29, 0.717) is 6.54 Å². The highest BCUT2D eigenvalue weighted by Gasteiger charge is 2.10. The molecular weight excluding hydrogens is 270 g/mol. The van der Waals surface area contributed by atoms with Crippen LogP contribution >= 0.6 is 11.5 Å². The van der Waals surface area contributed by atoms with Crippen molar-refractivity contribution in [1.82, 2.24) is 18.9 Å². The summed E-state index contributed by atoms with van der Waals surface area (Å²) in [5.74, 6) is 1.89. The fraction of sp³-hybridized carbons (Fsp3) is 0.357. The average Bonchev–Trinajstić information content (AvgIpc) is 3.02. The van der Waals surface area contributed by atoms with E-state index in [-0.39, 0.29) is 0 Å². The first-order valence-electron chi connectivity index (χ1n) is 6.66. The standard InChI is InChI=1S/C14H17N5S/c1-4-11-17-14(20-18-11)15-8-12-16-10-7-5-6-9(2)13(10)19(12)3/h5-7H,4,8H2,1-3H3,(H,15,17,18). The molecule has 0 aliphatic carbocycles.